The summed E-state index contributed by atoms with van der Waals surface area (Å²) in [6.45, 7) is 0.978. The van der Waals surface area contributed by atoms with Crippen molar-refractivity contribution in [2.45, 2.75) is 38.2 Å². The monoisotopic (exact) mass is 249 g/mol. The number of hydrogen-bond acceptors (Lipinski definition) is 3. The zero-order valence-electron chi connectivity index (χ0n) is 11.4. The lowest BCUT2D eigenvalue weighted by atomic mass is 10.1. The van der Waals surface area contributed by atoms with Crippen molar-refractivity contribution in [2.75, 3.05) is 20.7 Å². The normalized spacial score (nSPS) is 15.9. The van der Waals surface area contributed by atoms with Gasteiger partial charge in [-0.05, 0) is 63.4 Å². The van der Waals surface area contributed by atoms with E-state index in [0.717, 1.165) is 24.5 Å². The first-order chi connectivity index (χ1) is 8.83. The molecule has 0 spiro atoms. The van der Waals surface area contributed by atoms with Gasteiger partial charge in [-0.25, -0.2) is 0 Å². The van der Waals surface area contributed by atoms with Gasteiger partial charge in [0.1, 0.15) is 0 Å². The highest BCUT2D eigenvalue weighted by Crippen LogP contribution is 2.32. The Kier molecular flexibility index (Phi) is 4.88. The van der Waals surface area contributed by atoms with E-state index in [-0.39, 0.29) is 0 Å². The van der Waals surface area contributed by atoms with E-state index in [1.807, 2.05) is 13.1 Å². The van der Waals surface area contributed by atoms with Gasteiger partial charge in [0, 0.05) is 0 Å². The standard InChI is InChI=1S/C15H23NO2/c1-16-10-9-12-7-8-14(15(11-12)17-2)18-13-5-3-4-6-13/h7-8,11,13,16H,3-6,9-10H2,1-2H3. The molecule has 0 amide bonds. The number of ether oxygens (including phenoxy) is 2. The first kappa shape index (κ1) is 13.2. The Morgan fingerprint density at radius 3 is 2.67 bits per heavy atom. The quantitative estimate of drug-likeness (QED) is 0.841. The van der Waals surface area contributed by atoms with Gasteiger partial charge in [0.25, 0.3) is 0 Å². The fourth-order valence-electron chi connectivity index (χ4n) is 2.42. The van der Waals surface area contributed by atoms with Crippen LogP contribution in [-0.4, -0.2) is 26.8 Å². The lowest BCUT2D eigenvalue weighted by Gasteiger charge is -2.16. The topological polar surface area (TPSA) is 30.5 Å². The Labute approximate surface area is 109 Å². The lowest BCUT2D eigenvalue weighted by Crippen LogP contribution is -2.12. The molecule has 0 aromatic heterocycles. The molecule has 0 heterocycles. The van der Waals surface area contributed by atoms with E-state index >= 15 is 0 Å². The third kappa shape index (κ3) is 3.39. The van der Waals surface area contributed by atoms with Gasteiger partial charge in [0.2, 0.25) is 0 Å². The maximum absolute atomic E-state index is 6.02. The molecule has 1 saturated carbocycles. The Bertz CT molecular complexity index is 373. The summed E-state index contributed by atoms with van der Waals surface area (Å²) >= 11 is 0. The highest BCUT2D eigenvalue weighted by atomic mass is 16.5. The summed E-state index contributed by atoms with van der Waals surface area (Å²) in [6, 6.07) is 6.26. The van der Waals surface area contributed by atoms with E-state index in [1.54, 1.807) is 7.11 Å². The van der Waals surface area contributed by atoms with Gasteiger partial charge in [0.15, 0.2) is 11.5 Å². The second-order valence-electron chi connectivity index (χ2n) is 4.86. The summed E-state index contributed by atoms with van der Waals surface area (Å²) in [7, 11) is 3.67. The van der Waals surface area contributed by atoms with Crippen LogP contribution in [0, 0.1) is 0 Å². The van der Waals surface area contributed by atoms with Gasteiger partial charge < -0.3 is 14.8 Å². The van der Waals surface area contributed by atoms with Crippen molar-refractivity contribution in [1.82, 2.24) is 5.32 Å². The van der Waals surface area contributed by atoms with Crippen LogP contribution in [0.25, 0.3) is 0 Å². The average Bonchev–Trinajstić information content (AvgIpc) is 2.90. The summed E-state index contributed by atoms with van der Waals surface area (Å²) in [5.74, 6) is 1.74. The lowest BCUT2D eigenvalue weighted by molar-refractivity contribution is 0.200. The van der Waals surface area contributed by atoms with Crippen LogP contribution in [-0.2, 0) is 6.42 Å². The predicted molar refractivity (Wildman–Crippen MR) is 73.5 cm³/mol. The predicted octanol–water partition coefficient (Wildman–Crippen LogP) is 2.78. The largest absolute Gasteiger partial charge is 0.493 e. The molecule has 0 unspecified atom stereocenters. The number of likely N-dealkylation sites (N-methyl/N-ethyl adjacent to an activating group) is 1. The second-order valence-corrected chi connectivity index (χ2v) is 4.86. The van der Waals surface area contributed by atoms with E-state index in [1.165, 1.54) is 31.2 Å². The molecule has 18 heavy (non-hydrogen) atoms. The van der Waals surface area contributed by atoms with Crippen LogP contribution in [0.3, 0.4) is 0 Å². The molecule has 1 aliphatic rings. The Morgan fingerprint density at radius 1 is 1.22 bits per heavy atom. The van der Waals surface area contributed by atoms with Crippen molar-refractivity contribution in [3.63, 3.8) is 0 Å². The van der Waals surface area contributed by atoms with Crippen molar-refractivity contribution >= 4 is 0 Å². The van der Waals surface area contributed by atoms with E-state index < -0.39 is 0 Å². The van der Waals surface area contributed by atoms with Gasteiger partial charge >= 0.3 is 0 Å². The second kappa shape index (κ2) is 6.64. The molecule has 1 fully saturated rings. The highest BCUT2D eigenvalue weighted by molar-refractivity contribution is 5.43. The SMILES string of the molecule is CNCCc1ccc(OC2CCCC2)c(OC)c1. The molecule has 0 atom stereocenters. The summed E-state index contributed by atoms with van der Waals surface area (Å²) in [5, 5.41) is 3.15. The number of nitrogens with one attached hydrogen (secondary N) is 1. The third-order valence-electron chi connectivity index (χ3n) is 3.49. The third-order valence-corrected chi connectivity index (χ3v) is 3.49. The molecule has 100 valence electrons. The maximum Gasteiger partial charge on any atom is 0.161 e. The molecule has 0 radical (unpaired) electrons. The molecule has 1 aromatic carbocycles. The van der Waals surface area contributed by atoms with Crippen LogP contribution in [0.15, 0.2) is 18.2 Å². The van der Waals surface area contributed by atoms with Gasteiger partial charge in [-0.2, -0.15) is 0 Å². The van der Waals surface area contributed by atoms with Crippen LogP contribution >= 0.6 is 0 Å². The highest BCUT2D eigenvalue weighted by Gasteiger charge is 2.18. The molecule has 2 rings (SSSR count). The minimum absolute atomic E-state index is 0.377. The number of methoxy groups -OCH3 is 1. The zero-order chi connectivity index (χ0) is 12.8. The van der Waals surface area contributed by atoms with E-state index in [0.29, 0.717) is 6.10 Å². The van der Waals surface area contributed by atoms with E-state index in [4.69, 9.17) is 9.47 Å². The van der Waals surface area contributed by atoms with Crippen LogP contribution in [0.5, 0.6) is 11.5 Å². The minimum atomic E-state index is 0.377. The summed E-state index contributed by atoms with van der Waals surface area (Å²) < 4.78 is 11.4. The fourth-order valence-corrected chi connectivity index (χ4v) is 2.42. The van der Waals surface area contributed by atoms with Crippen LogP contribution in [0.1, 0.15) is 31.2 Å². The summed E-state index contributed by atoms with van der Waals surface area (Å²) in [5.41, 5.74) is 1.28. The summed E-state index contributed by atoms with van der Waals surface area (Å²) in [6.07, 6.45) is 6.30. The van der Waals surface area contributed by atoms with Crippen molar-refractivity contribution in [1.29, 1.82) is 0 Å². The molecule has 1 N–H and O–H groups in total. The number of hydrogen-bond donors (Lipinski definition) is 1. The summed E-state index contributed by atoms with van der Waals surface area (Å²) in [4.78, 5) is 0. The molecule has 0 aliphatic heterocycles. The van der Waals surface area contributed by atoms with Crippen molar-refractivity contribution in [3.05, 3.63) is 23.8 Å². The maximum atomic E-state index is 6.02. The molecule has 3 heteroatoms. The average molecular weight is 249 g/mol. The van der Waals surface area contributed by atoms with Crippen molar-refractivity contribution < 1.29 is 9.47 Å². The molecule has 1 aliphatic carbocycles. The minimum Gasteiger partial charge on any atom is -0.493 e. The Hall–Kier alpha value is -1.22. The zero-order valence-corrected chi connectivity index (χ0v) is 11.4. The van der Waals surface area contributed by atoms with E-state index in [2.05, 4.69) is 17.4 Å². The van der Waals surface area contributed by atoms with Crippen LogP contribution in [0.4, 0.5) is 0 Å². The van der Waals surface area contributed by atoms with Gasteiger partial charge in [0.05, 0.1) is 13.2 Å². The smallest absolute Gasteiger partial charge is 0.161 e. The van der Waals surface area contributed by atoms with E-state index in [9.17, 15) is 0 Å². The van der Waals surface area contributed by atoms with Crippen molar-refractivity contribution in [2.24, 2.45) is 0 Å². The number of benzene rings is 1. The first-order valence-corrected chi connectivity index (χ1v) is 6.81. The molecule has 3 nitrogen and oxygen atoms in total. The van der Waals surface area contributed by atoms with Gasteiger partial charge in [-0.1, -0.05) is 6.07 Å². The Morgan fingerprint density at radius 2 is 2.00 bits per heavy atom. The van der Waals surface area contributed by atoms with Crippen LogP contribution in [0.2, 0.25) is 0 Å². The fraction of sp³-hybridized carbons (Fsp3) is 0.600. The first-order valence-electron chi connectivity index (χ1n) is 6.81. The van der Waals surface area contributed by atoms with Gasteiger partial charge in [-0.15, -0.1) is 0 Å². The molecule has 0 saturated heterocycles. The molecule has 0 bridgehead atoms. The van der Waals surface area contributed by atoms with Gasteiger partial charge in [-0.3, -0.25) is 0 Å². The molecule has 1 aromatic rings. The number of rotatable bonds is 6. The van der Waals surface area contributed by atoms with Crippen LogP contribution < -0.4 is 14.8 Å². The Balaban J connectivity index is 2.04. The molecular formula is C15H23NO2. The van der Waals surface area contributed by atoms with Crippen molar-refractivity contribution in [3.8, 4) is 11.5 Å². The molecular weight excluding hydrogens is 226 g/mol.